The van der Waals surface area contributed by atoms with Gasteiger partial charge < -0.3 is 10.2 Å². The van der Waals surface area contributed by atoms with Crippen molar-refractivity contribution in [2.45, 2.75) is 12.5 Å². The lowest BCUT2D eigenvalue weighted by atomic mass is 10.2. The number of nitrogens with one attached hydrogen (secondary N) is 1. The van der Waals surface area contributed by atoms with Crippen LogP contribution in [0.5, 0.6) is 0 Å². The van der Waals surface area contributed by atoms with Gasteiger partial charge in [-0.2, -0.15) is 0 Å². The molecule has 1 aromatic rings. The first kappa shape index (κ1) is 10.6. The fraction of sp³-hybridized carbons (Fsp3) is 0.364. The third kappa shape index (κ3) is 2.36. The van der Waals surface area contributed by atoms with Crippen molar-refractivity contribution in [1.82, 2.24) is 15.3 Å². The highest BCUT2D eigenvalue weighted by Gasteiger charge is 2.24. The number of rotatable bonds is 3. The Morgan fingerprint density at radius 2 is 2.31 bits per heavy atom. The summed E-state index contributed by atoms with van der Waals surface area (Å²) in [6.07, 6.45) is 5.65. The normalized spacial score (nSPS) is 19.5. The number of anilines is 1. The van der Waals surface area contributed by atoms with Gasteiger partial charge in [0.15, 0.2) is 0 Å². The molecule has 1 atom stereocenters. The van der Waals surface area contributed by atoms with E-state index in [2.05, 4.69) is 26.8 Å². The van der Waals surface area contributed by atoms with Crippen molar-refractivity contribution in [3.63, 3.8) is 0 Å². The summed E-state index contributed by atoms with van der Waals surface area (Å²) < 4.78 is 0. The lowest BCUT2D eigenvalue weighted by Gasteiger charge is -2.15. The molecule has 2 heterocycles. The molecule has 1 aromatic heterocycles. The molecule has 16 heavy (non-hydrogen) atoms. The van der Waals surface area contributed by atoms with Crippen molar-refractivity contribution >= 4 is 11.9 Å². The zero-order valence-corrected chi connectivity index (χ0v) is 8.97. The fourth-order valence-electron chi connectivity index (χ4n) is 1.77. The van der Waals surface area contributed by atoms with Gasteiger partial charge in [-0.05, 0) is 18.6 Å². The largest absolute Gasteiger partial charge is 0.348 e. The van der Waals surface area contributed by atoms with Crippen LogP contribution in [0.15, 0.2) is 31.1 Å². The molecule has 1 saturated heterocycles. The maximum atomic E-state index is 11.1. The molecule has 0 bridgehead atoms. The Balaban J connectivity index is 1.93. The van der Waals surface area contributed by atoms with Gasteiger partial charge in [-0.3, -0.25) is 4.79 Å². The third-order valence-electron chi connectivity index (χ3n) is 2.56. The predicted molar refractivity (Wildman–Crippen MR) is 61.0 cm³/mol. The van der Waals surface area contributed by atoms with Gasteiger partial charge in [0.2, 0.25) is 11.9 Å². The summed E-state index contributed by atoms with van der Waals surface area (Å²) in [4.78, 5) is 21.5. The Bertz CT molecular complexity index is 379. The summed E-state index contributed by atoms with van der Waals surface area (Å²) in [6.45, 7) is 5.05. The van der Waals surface area contributed by atoms with Crippen LogP contribution in [0.3, 0.4) is 0 Å². The quantitative estimate of drug-likeness (QED) is 0.744. The van der Waals surface area contributed by atoms with Crippen LogP contribution in [0.25, 0.3) is 0 Å². The van der Waals surface area contributed by atoms with E-state index in [9.17, 15) is 4.79 Å². The Morgan fingerprint density at radius 3 is 3.00 bits per heavy atom. The second-order valence-electron chi connectivity index (χ2n) is 3.69. The Labute approximate surface area is 94.2 Å². The summed E-state index contributed by atoms with van der Waals surface area (Å²) in [6, 6.07) is 1.95. The summed E-state index contributed by atoms with van der Waals surface area (Å²) in [5.41, 5.74) is 0. The Morgan fingerprint density at radius 1 is 1.56 bits per heavy atom. The van der Waals surface area contributed by atoms with Crippen LogP contribution in [0, 0.1) is 0 Å². The first-order valence-electron chi connectivity index (χ1n) is 5.24. The van der Waals surface area contributed by atoms with Crippen LogP contribution in [0.2, 0.25) is 0 Å². The van der Waals surface area contributed by atoms with Crippen molar-refractivity contribution in [3.05, 3.63) is 31.1 Å². The van der Waals surface area contributed by atoms with Crippen LogP contribution < -0.4 is 10.2 Å². The van der Waals surface area contributed by atoms with E-state index in [1.165, 1.54) is 6.08 Å². The minimum atomic E-state index is -0.124. The standard InChI is InChI=1S/C11H14N4O/c1-2-10(16)14-9-4-7-15(8-9)11-12-5-3-6-13-11/h2-3,5-6,9H,1,4,7-8H2,(H,14,16). The molecule has 1 amide bonds. The average molecular weight is 218 g/mol. The molecule has 1 aliphatic heterocycles. The van der Waals surface area contributed by atoms with Crippen molar-refractivity contribution in [2.75, 3.05) is 18.0 Å². The molecule has 1 fully saturated rings. The summed E-state index contributed by atoms with van der Waals surface area (Å²) in [5.74, 6) is 0.596. The van der Waals surface area contributed by atoms with Gasteiger partial charge in [0, 0.05) is 31.5 Å². The first-order chi connectivity index (χ1) is 7.79. The average Bonchev–Trinajstić information content (AvgIpc) is 2.78. The second-order valence-corrected chi connectivity index (χ2v) is 3.69. The molecule has 0 aliphatic carbocycles. The van der Waals surface area contributed by atoms with E-state index in [0.717, 1.165) is 25.5 Å². The molecule has 1 unspecified atom stereocenters. The number of carbonyl (C=O) groups is 1. The van der Waals surface area contributed by atoms with Gasteiger partial charge in [0.1, 0.15) is 0 Å². The zero-order chi connectivity index (χ0) is 11.4. The van der Waals surface area contributed by atoms with E-state index in [4.69, 9.17) is 0 Å². The first-order valence-corrected chi connectivity index (χ1v) is 5.24. The molecule has 1 N–H and O–H groups in total. The van der Waals surface area contributed by atoms with Gasteiger partial charge in [-0.1, -0.05) is 6.58 Å². The molecule has 5 heteroatoms. The van der Waals surface area contributed by atoms with Crippen LogP contribution in [-0.4, -0.2) is 35.0 Å². The van der Waals surface area contributed by atoms with E-state index in [-0.39, 0.29) is 11.9 Å². The minimum absolute atomic E-state index is 0.124. The topological polar surface area (TPSA) is 58.1 Å². The highest BCUT2D eigenvalue weighted by atomic mass is 16.1. The Kier molecular flexibility index (Phi) is 3.14. The highest BCUT2D eigenvalue weighted by Crippen LogP contribution is 2.14. The smallest absolute Gasteiger partial charge is 0.243 e. The minimum Gasteiger partial charge on any atom is -0.348 e. The Hall–Kier alpha value is -1.91. The number of carbonyl (C=O) groups excluding carboxylic acids is 1. The van der Waals surface area contributed by atoms with Crippen LogP contribution in [0.1, 0.15) is 6.42 Å². The number of amides is 1. The lowest BCUT2D eigenvalue weighted by molar-refractivity contribution is -0.117. The maximum Gasteiger partial charge on any atom is 0.243 e. The van der Waals surface area contributed by atoms with Crippen LogP contribution in [0.4, 0.5) is 5.95 Å². The van der Waals surface area contributed by atoms with E-state index in [1.54, 1.807) is 18.5 Å². The summed E-state index contributed by atoms with van der Waals surface area (Å²) >= 11 is 0. The molecule has 1 aliphatic rings. The molecule has 0 spiro atoms. The van der Waals surface area contributed by atoms with Gasteiger partial charge in [0.25, 0.3) is 0 Å². The van der Waals surface area contributed by atoms with E-state index >= 15 is 0 Å². The van der Waals surface area contributed by atoms with E-state index in [0.29, 0.717) is 0 Å². The van der Waals surface area contributed by atoms with Crippen LogP contribution in [-0.2, 0) is 4.79 Å². The van der Waals surface area contributed by atoms with Crippen molar-refractivity contribution in [2.24, 2.45) is 0 Å². The molecular weight excluding hydrogens is 204 g/mol. The third-order valence-corrected chi connectivity index (χ3v) is 2.56. The maximum absolute atomic E-state index is 11.1. The zero-order valence-electron chi connectivity index (χ0n) is 8.97. The molecule has 84 valence electrons. The monoisotopic (exact) mass is 218 g/mol. The number of hydrogen-bond donors (Lipinski definition) is 1. The SMILES string of the molecule is C=CC(=O)NC1CCN(c2ncccn2)C1. The van der Waals surface area contributed by atoms with Crippen LogP contribution >= 0.6 is 0 Å². The highest BCUT2D eigenvalue weighted by molar-refractivity contribution is 5.87. The number of nitrogens with zero attached hydrogens (tertiary/aromatic N) is 3. The fourth-order valence-corrected chi connectivity index (χ4v) is 1.77. The lowest BCUT2D eigenvalue weighted by Crippen LogP contribution is -2.36. The van der Waals surface area contributed by atoms with Gasteiger partial charge in [-0.25, -0.2) is 9.97 Å². The van der Waals surface area contributed by atoms with Gasteiger partial charge >= 0.3 is 0 Å². The molecule has 5 nitrogen and oxygen atoms in total. The number of aromatic nitrogens is 2. The van der Waals surface area contributed by atoms with E-state index in [1.807, 2.05) is 0 Å². The molecule has 0 radical (unpaired) electrons. The molecule has 2 rings (SSSR count). The number of hydrogen-bond acceptors (Lipinski definition) is 4. The second kappa shape index (κ2) is 4.74. The molecular formula is C11H14N4O. The van der Waals surface area contributed by atoms with Gasteiger partial charge in [0.05, 0.1) is 0 Å². The molecule has 0 aromatic carbocycles. The van der Waals surface area contributed by atoms with Gasteiger partial charge in [-0.15, -0.1) is 0 Å². The van der Waals surface area contributed by atoms with Crippen molar-refractivity contribution in [1.29, 1.82) is 0 Å². The van der Waals surface area contributed by atoms with E-state index < -0.39 is 0 Å². The summed E-state index contributed by atoms with van der Waals surface area (Å²) in [5, 5.41) is 2.87. The molecule has 0 saturated carbocycles. The summed E-state index contributed by atoms with van der Waals surface area (Å²) in [7, 11) is 0. The van der Waals surface area contributed by atoms with Crippen molar-refractivity contribution in [3.8, 4) is 0 Å². The predicted octanol–water partition coefficient (Wildman–Crippen LogP) is 0.357. The van der Waals surface area contributed by atoms with Crippen molar-refractivity contribution < 1.29 is 4.79 Å².